The molecule has 224 valence electrons. The molecule has 1 atom stereocenters. The van der Waals surface area contributed by atoms with Gasteiger partial charge in [0.2, 0.25) is 0 Å². The fraction of sp³-hybridized carbons (Fsp3) is 0.333. The highest BCUT2D eigenvalue weighted by Gasteiger charge is 2.34. The number of hydrogen-bond acceptors (Lipinski definition) is 8. The van der Waals surface area contributed by atoms with Gasteiger partial charge in [-0.05, 0) is 59.9 Å². The molecule has 2 heterocycles. The minimum Gasteiger partial charge on any atom is -0.493 e. The second-order valence-electron chi connectivity index (χ2n) is 11.6. The number of fused-ring (bicyclic) bond motifs is 1. The van der Waals surface area contributed by atoms with Gasteiger partial charge in [-0.15, -0.1) is 11.3 Å². The Morgan fingerprint density at radius 3 is 2.65 bits per heavy atom. The van der Waals surface area contributed by atoms with E-state index >= 15 is 0 Å². The van der Waals surface area contributed by atoms with Crippen molar-refractivity contribution in [3.05, 3.63) is 104 Å². The lowest BCUT2D eigenvalue weighted by Crippen LogP contribution is -2.28. The van der Waals surface area contributed by atoms with Crippen LogP contribution in [0, 0.1) is 21.4 Å². The van der Waals surface area contributed by atoms with Crippen molar-refractivity contribution in [1.82, 2.24) is 5.32 Å². The summed E-state index contributed by atoms with van der Waals surface area (Å²) in [6.45, 7) is 7.20. The van der Waals surface area contributed by atoms with Crippen molar-refractivity contribution in [3.63, 3.8) is 0 Å². The maximum atomic E-state index is 13.5. The topological polar surface area (TPSA) is 116 Å². The molecule has 2 aromatic carbocycles. The summed E-state index contributed by atoms with van der Waals surface area (Å²) in [4.78, 5) is 31.0. The average molecular weight is 602 g/mol. The third-order valence-corrected chi connectivity index (χ3v) is 8.93. The fourth-order valence-electron chi connectivity index (χ4n) is 5.27. The van der Waals surface area contributed by atoms with Crippen molar-refractivity contribution in [3.8, 4) is 11.5 Å². The third kappa shape index (κ3) is 6.97. The van der Waals surface area contributed by atoms with Crippen LogP contribution in [0.15, 0.2) is 70.3 Å². The lowest BCUT2D eigenvalue weighted by molar-refractivity contribution is -0.385. The SMILES string of the molecule is COc1cc(C=Nc2sc3c(c2C(=O)NCc2ccco2)CC[C@@H](C(C)(C)C)C3)c([N+](=O)[O-])cc1OCc1ccccc1. The van der Waals surface area contributed by atoms with Gasteiger partial charge in [0, 0.05) is 11.1 Å². The Labute approximate surface area is 254 Å². The van der Waals surface area contributed by atoms with Crippen molar-refractivity contribution in [2.75, 3.05) is 7.11 Å². The van der Waals surface area contributed by atoms with E-state index in [2.05, 4.69) is 31.1 Å². The Kier molecular flexibility index (Phi) is 8.96. The fourth-order valence-corrected chi connectivity index (χ4v) is 6.54. The van der Waals surface area contributed by atoms with Crippen molar-refractivity contribution in [2.45, 2.75) is 53.2 Å². The van der Waals surface area contributed by atoms with Crippen LogP contribution < -0.4 is 14.8 Å². The van der Waals surface area contributed by atoms with Gasteiger partial charge in [0.1, 0.15) is 17.4 Å². The van der Waals surface area contributed by atoms with Gasteiger partial charge in [0.15, 0.2) is 11.5 Å². The highest BCUT2D eigenvalue weighted by Crippen LogP contribution is 2.45. The molecule has 4 aromatic rings. The summed E-state index contributed by atoms with van der Waals surface area (Å²) in [5, 5.41) is 15.6. The Morgan fingerprint density at radius 1 is 1.19 bits per heavy atom. The van der Waals surface area contributed by atoms with Crippen LogP contribution in [0.5, 0.6) is 11.5 Å². The molecule has 1 amide bonds. The Hall–Kier alpha value is -4.44. The number of hydrogen-bond donors (Lipinski definition) is 1. The second-order valence-corrected chi connectivity index (χ2v) is 12.7. The quantitative estimate of drug-likeness (QED) is 0.113. The number of thiophene rings is 1. The molecule has 1 aliphatic rings. The summed E-state index contributed by atoms with van der Waals surface area (Å²) < 4.78 is 16.8. The Morgan fingerprint density at radius 2 is 1.98 bits per heavy atom. The zero-order valence-corrected chi connectivity index (χ0v) is 25.5. The van der Waals surface area contributed by atoms with E-state index in [4.69, 9.17) is 13.9 Å². The molecule has 1 N–H and O–H groups in total. The number of nitrogens with zero attached hydrogens (tertiary/aromatic N) is 2. The van der Waals surface area contributed by atoms with Gasteiger partial charge in [0.25, 0.3) is 11.6 Å². The molecule has 1 aliphatic carbocycles. The van der Waals surface area contributed by atoms with Crippen molar-refractivity contribution in [1.29, 1.82) is 0 Å². The van der Waals surface area contributed by atoms with Gasteiger partial charge in [-0.1, -0.05) is 51.1 Å². The van der Waals surface area contributed by atoms with Crippen LogP contribution in [0.2, 0.25) is 0 Å². The molecule has 0 bridgehead atoms. The van der Waals surface area contributed by atoms with E-state index in [-0.39, 0.29) is 41.5 Å². The first-order valence-electron chi connectivity index (χ1n) is 14.2. The summed E-state index contributed by atoms with van der Waals surface area (Å²) in [7, 11) is 1.48. The van der Waals surface area contributed by atoms with Crippen LogP contribution in [0.4, 0.5) is 10.7 Å². The molecule has 0 fully saturated rings. The smallest absolute Gasteiger partial charge is 0.282 e. The zero-order chi connectivity index (χ0) is 30.6. The summed E-state index contributed by atoms with van der Waals surface area (Å²) in [6.07, 6.45) is 5.61. The minimum absolute atomic E-state index is 0.133. The van der Waals surface area contributed by atoms with Crippen LogP contribution in [-0.2, 0) is 26.0 Å². The van der Waals surface area contributed by atoms with Gasteiger partial charge >= 0.3 is 0 Å². The number of carbonyl (C=O) groups excluding carboxylic acids is 1. The first-order chi connectivity index (χ1) is 20.6. The predicted octanol–water partition coefficient (Wildman–Crippen LogP) is 7.67. The van der Waals surface area contributed by atoms with E-state index in [9.17, 15) is 14.9 Å². The molecule has 9 nitrogen and oxygen atoms in total. The lowest BCUT2D eigenvalue weighted by Gasteiger charge is -2.33. The molecule has 0 spiro atoms. The number of nitro benzene ring substituents is 1. The van der Waals surface area contributed by atoms with Crippen molar-refractivity contribution >= 4 is 34.1 Å². The normalized spacial score (nSPS) is 14.8. The molecule has 2 aromatic heterocycles. The second kappa shape index (κ2) is 12.8. The summed E-state index contributed by atoms with van der Waals surface area (Å²) >= 11 is 1.48. The van der Waals surface area contributed by atoms with Crippen molar-refractivity contribution < 1.29 is 23.6 Å². The van der Waals surface area contributed by atoms with Gasteiger partial charge in [-0.3, -0.25) is 14.9 Å². The van der Waals surface area contributed by atoms with Gasteiger partial charge < -0.3 is 19.2 Å². The Balaban J connectivity index is 1.48. The van der Waals surface area contributed by atoms with E-state index < -0.39 is 4.92 Å². The van der Waals surface area contributed by atoms with E-state index in [0.717, 1.165) is 35.3 Å². The first kappa shape index (κ1) is 30.0. The molecule has 0 saturated heterocycles. The first-order valence-corrected chi connectivity index (χ1v) is 15.0. The number of ether oxygens (including phenoxy) is 2. The average Bonchev–Trinajstić information content (AvgIpc) is 3.65. The molecule has 43 heavy (non-hydrogen) atoms. The number of methoxy groups -OCH3 is 1. The lowest BCUT2D eigenvalue weighted by atomic mass is 9.72. The monoisotopic (exact) mass is 601 g/mol. The van der Waals surface area contributed by atoms with E-state index in [1.807, 2.05) is 30.3 Å². The maximum Gasteiger partial charge on any atom is 0.282 e. The number of carbonyl (C=O) groups is 1. The van der Waals surface area contributed by atoms with E-state index in [0.29, 0.717) is 28.0 Å². The summed E-state index contributed by atoms with van der Waals surface area (Å²) in [5.74, 6) is 1.48. The third-order valence-electron chi connectivity index (χ3n) is 7.77. The highest BCUT2D eigenvalue weighted by atomic mass is 32.1. The number of nitrogens with one attached hydrogen (secondary N) is 1. The largest absolute Gasteiger partial charge is 0.493 e. The number of benzene rings is 2. The van der Waals surface area contributed by atoms with E-state index in [1.54, 1.807) is 24.5 Å². The summed E-state index contributed by atoms with van der Waals surface area (Å²) in [5.41, 5.74) is 2.65. The van der Waals surface area contributed by atoms with Crippen LogP contribution >= 0.6 is 11.3 Å². The number of rotatable bonds is 10. The Bertz CT molecular complexity index is 1620. The molecule has 0 unspecified atom stereocenters. The predicted molar refractivity (Wildman–Crippen MR) is 167 cm³/mol. The number of furan rings is 1. The van der Waals surface area contributed by atoms with Crippen LogP contribution in [0.25, 0.3) is 0 Å². The van der Waals surface area contributed by atoms with Crippen LogP contribution in [0.1, 0.15) is 64.9 Å². The van der Waals surface area contributed by atoms with Crippen LogP contribution in [-0.4, -0.2) is 24.2 Å². The number of amides is 1. The van der Waals surface area contributed by atoms with Gasteiger partial charge in [-0.2, -0.15) is 0 Å². The van der Waals surface area contributed by atoms with Gasteiger partial charge in [-0.25, -0.2) is 4.99 Å². The highest BCUT2D eigenvalue weighted by molar-refractivity contribution is 7.16. The molecule has 0 aliphatic heterocycles. The maximum absolute atomic E-state index is 13.5. The standard InChI is InChI=1S/C33H35N3O6S/c1-33(2,3)23-12-13-25-29(16-23)43-32(30(25)31(37)34-19-24-11-8-14-41-24)35-18-22-15-27(40-4)28(17-26(22)36(38)39)42-20-21-9-6-5-7-10-21/h5-11,14-15,17-18,23H,12-13,16,19-20H2,1-4H3,(H,34,37)/t23-/m1/s1. The molecular formula is C33H35N3O6S. The molecule has 5 rings (SSSR count). The van der Waals surface area contributed by atoms with E-state index in [1.165, 1.54) is 30.7 Å². The number of aliphatic imine (C=N–C) groups is 1. The van der Waals surface area contributed by atoms with Crippen molar-refractivity contribution in [2.24, 2.45) is 16.3 Å². The zero-order valence-electron chi connectivity index (χ0n) is 24.7. The molecule has 0 radical (unpaired) electrons. The molecule has 0 saturated carbocycles. The molecular weight excluding hydrogens is 566 g/mol. The van der Waals surface area contributed by atoms with Crippen LogP contribution in [0.3, 0.4) is 0 Å². The van der Waals surface area contributed by atoms with Gasteiger partial charge in [0.05, 0.1) is 42.0 Å². The minimum atomic E-state index is -0.472. The molecule has 10 heteroatoms. The summed E-state index contributed by atoms with van der Waals surface area (Å²) in [6, 6.07) is 16.0. The number of nitro groups is 1.